The summed E-state index contributed by atoms with van der Waals surface area (Å²) in [6.45, 7) is 0. The average molecular weight is 389 g/mol. The number of halogens is 2. The van der Waals surface area contributed by atoms with Gasteiger partial charge in [0, 0.05) is 23.5 Å². The number of aromatic nitrogens is 2. The van der Waals surface area contributed by atoms with Crippen LogP contribution in [-0.2, 0) is 0 Å². The maximum Gasteiger partial charge on any atom is 0.154 e. The lowest BCUT2D eigenvalue weighted by Crippen LogP contribution is -2.15. The third-order valence-electron chi connectivity index (χ3n) is 3.24. The summed E-state index contributed by atoms with van der Waals surface area (Å²) in [4.78, 5) is 16.8. The van der Waals surface area contributed by atoms with Gasteiger partial charge in [0.1, 0.15) is 11.7 Å². The van der Waals surface area contributed by atoms with Crippen LogP contribution in [0, 0.1) is 0 Å². The first-order valence-corrected chi connectivity index (χ1v) is 7.33. The van der Waals surface area contributed by atoms with E-state index in [0.29, 0.717) is 23.3 Å². The monoisotopic (exact) mass is 388 g/mol. The Morgan fingerprint density at radius 2 is 1.00 bits per heavy atom. The van der Waals surface area contributed by atoms with Gasteiger partial charge in [0.25, 0.3) is 0 Å². The number of nitrogens with zero attached hydrogens (tertiary/aromatic N) is 4. The van der Waals surface area contributed by atoms with E-state index < -0.39 is 0 Å². The van der Waals surface area contributed by atoms with Crippen molar-refractivity contribution in [1.29, 1.82) is 0 Å². The fourth-order valence-corrected chi connectivity index (χ4v) is 2.03. The van der Waals surface area contributed by atoms with E-state index in [0.717, 1.165) is 11.1 Å². The minimum absolute atomic E-state index is 0. The van der Waals surface area contributed by atoms with Crippen LogP contribution in [0.5, 0.6) is 0 Å². The zero-order valence-corrected chi connectivity index (χ0v) is 15.3. The Balaban J connectivity index is 0.00000169. The number of hydrogen-bond acceptors (Lipinski definition) is 4. The lowest BCUT2D eigenvalue weighted by Gasteiger charge is -2.04. The number of nitrogens with two attached hydrogens (primary N) is 2. The Bertz CT molecular complexity index is 791. The first kappa shape index (κ1) is 21.1. The van der Waals surface area contributed by atoms with Crippen molar-refractivity contribution in [1.82, 2.24) is 9.97 Å². The second-order valence-electron chi connectivity index (χ2n) is 4.95. The predicted octanol–water partition coefficient (Wildman–Crippen LogP) is 3.39. The van der Waals surface area contributed by atoms with Crippen molar-refractivity contribution < 1.29 is 0 Å². The van der Waals surface area contributed by atoms with Crippen LogP contribution in [0.3, 0.4) is 0 Å². The SMILES string of the molecule is Cl.Cl.NC(=Nc1ccccn1)c1ccc(C(N)=Nc2ccccn2)cc1. The van der Waals surface area contributed by atoms with E-state index in [9.17, 15) is 0 Å². The second kappa shape index (κ2) is 10.1. The summed E-state index contributed by atoms with van der Waals surface area (Å²) in [7, 11) is 0. The van der Waals surface area contributed by atoms with Gasteiger partial charge in [0.2, 0.25) is 0 Å². The molecular weight excluding hydrogens is 371 g/mol. The van der Waals surface area contributed by atoms with Crippen LogP contribution in [0.4, 0.5) is 11.6 Å². The fraction of sp³-hybridized carbons (Fsp3) is 0. The van der Waals surface area contributed by atoms with Crippen LogP contribution in [-0.4, -0.2) is 21.6 Å². The highest BCUT2D eigenvalue weighted by Gasteiger charge is 2.03. The van der Waals surface area contributed by atoms with Crippen molar-refractivity contribution in [3.8, 4) is 0 Å². The van der Waals surface area contributed by atoms with E-state index in [1.54, 1.807) is 24.5 Å². The van der Waals surface area contributed by atoms with Crippen molar-refractivity contribution in [3.63, 3.8) is 0 Å². The first-order chi connectivity index (χ1) is 11.7. The van der Waals surface area contributed by atoms with Crippen molar-refractivity contribution in [2.24, 2.45) is 21.5 Å². The number of hydrogen-bond donors (Lipinski definition) is 2. The second-order valence-corrected chi connectivity index (χ2v) is 4.95. The van der Waals surface area contributed by atoms with Gasteiger partial charge in [-0.2, -0.15) is 0 Å². The van der Waals surface area contributed by atoms with Gasteiger partial charge in [-0.15, -0.1) is 24.8 Å². The molecule has 3 rings (SSSR count). The number of amidine groups is 2. The quantitative estimate of drug-likeness (QED) is 0.527. The van der Waals surface area contributed by atoms with Crippen molar-refractivity contribution in [2.45, 2.75) is 0 Å². The molecule has 8 heteroatoms. The highest BCUT2D eigenvalue weighted by atomic mass is 35.5. The minimum atomic E-state index is 0. The lowest BCUT2D eigenvalue weighted by molar-refractivity contribution is 1.26. The van der Waals surface area contributed by atoms with Crippen LogP contribution >= 0.6 is 24.8 Å². The van der Waals surface area contributed by atoms with E-state index in [2.05, 4.69) is 20.0 Å². The first-order valence-electron chi connectivity index (χ1n) is 7.33. The smallest absolute Gasteiger partial charge is 0.154 e. The molecule has 0 spiro atoms. The molecule has 0 aliphatic heterocycles. The number of pyridine rings is 2. The Morgan fingerprint density at radius 3 is 1.31 bits per heavy atom. The zero-order chi connectivity index (χ0) is 16.8. The Labute approximate surface area is 163 Å². The van der Waals surface area contributed by atoms with E-state index >= 15 is 0 Å². The number of aliphatic imine (C=N–C) groups is 2. The van der Waals surface area contributed by atoms with Gasteiger partial charge >= 0.3 is 0 Å². The summed E-state index contributed by atoms with van der Waals surface area (Å²) < 4.78 is 0. The summed E-state index contributed by atoms with van der Waals surface area (Å²) in [5.74, 6) is 1.91. The third-order valence-corrected chi connectivity index (χ3v) is 3.24. The molecule has 2 heterocycles. The molecule has 0 saturated heterocycles. The molecule has 0 atom stereocenters. The maximum absolute atomic E-state index is 6.02. The molecule has 0 aliphatic carbocycles. The molecule has 0 radical (unpaired) electrons. The molecule has 3 aromatic rings. The molecular formula is C18H18Cl2N6. The molecule has 2 aromatic heterocycles. The molecule has 4 N–H and O–H groups in total. The molecule has 0 bridgehead atoms. The normalized spacial score (nSPS) is 11.2. The Kier molecular flexibility index (Phi) is 8.21. The van der Waals surface area contributed by atoms with E-state index in [1.807, 2.05) is 48.5 Å². The zero-order valence-electron chi connectivity index (χ0n) is 13.7. The lowest BCUT2D eigenvalue weighted by atomic mass is 10.1. The molecule has 0 unspecified atom stereocenters. The summed E-state index contributed by atoms with van der Waals surface area (Å²) in [5.41, 5.74) is 13.6. The molecule has 0 amide bonds. The largest absolute Gasteiger partial charge is 0.383 e. The van der Waals surface area contributed by atoms with Crippen LogP contribution in [0.2, 0.25) is 0 Å². The summed E-state index contributed by atoms with van der Waals surface area (Å²) in [5, 5.41) is 0. The van der Waals surface area contributed by atoms with E-state index in [-0.39, 0.29) is 24.8 Å². The minimum Gasteiger partial charge on any atom is -0.383 e. The van der Waals surface area contributed by atoms with Crippen molar-refractivity contribution >= 4 is 48.1 Å². The molecule has 26 heavy (non-hydrogen) atoms. The summed E-state index contributed by atoms with van der Waals surface area (Å²) in [6, 6.07) is 18.3. The molecule has 0 saturated carbocycles. The maximum atomic E-state index is 6.02. The molecule has 134 valence electrons. The van der Waals surface area contributed by atoms with Gasteiger partial charge in [-0.1, -0.05) is 36.4 Å². The Morgan fingerprint density at radius 1 is 0.615 bits per heavy atom. The summed E-state index contributed by atoms with van der Waals surface area (Å²) >= 11 is 0. The van der Waals surface area contributed by atoms with Crippen LogP contribution in [0.15, 0.2) is 83.0 Å². The molecule has 1 aromatic carbocycles. The van der Waals surface area contributed by atoms with Gasteiger partial charge in [0.15, 0.2) is 11.6 Å². The molecule has 0 fully saturated rings. The molecule has 6 nitrogen and oxygen atoms in total. The number of benzene rings is 1. The highest BCUT2D eigenvalue weighted by molar-refractivity contribution is 6.02. The standard InChI is InChI=1S/C18H16N6.2ClH/c19-17(23-15-5-1-3-11-21-15)13-7-9-14(10-8-13)18(20)24-16-6-2-4-12-22-16;;/h1-12H,(H2,19,21,23)(H2,20,22,24);2*1H. The fourth-order valence-electron chi connectivity index (χ4n) is 2.03. The average Bonchev–Trinajstić information content (AvgIpc) is 2.63. The van der Waals surface area contributed by atoms with Crippen LogP contribution < -0.4 is 11.5 Å². The van der Waals surface area contributed by atoms with Gasteiger partial charge in [0.05, 0.1) is 0 Å². The van der Waals surface area contributed by atoms with Crippen LogP contribution in [0.25, 0.3) is 0 Å². The van der Waals surface area contributed by atoms with Crippen molar-refractivity contribution in [3.05, 3.63) is 84.2 Å². The van der Waals surface area contributed by atoms with E-state index in [1.165, 1.54) is 0 Å². The number of rotatable bonds is 4. The van der Waals surface area contributed by atoms with Gasteiger partial charge < -0.3 is 11.5 Å². The third kappa shape index (κ3) is 5.54. The highest BCUT2D eigenvalue weighted by Crippen LogP contribution is 2.11. The summed E-state index contributed by atoms with van der Waals surface area (Å²) in [6.07, 6.45) is 3.34. The molecule has 0 aliphatic rings. The van der Waals surface area contributed by atoms with Crippen LogP contribution in [0.1, 0.15) is 11.1 Å². The van der Waals surface area contributed by atoms with Gasteiger partial charge in [-0.3, -0.25) is 0 Å². The van der Waals surface area contributed by atoms with E-state index in [4.69, 9.17) is 11.5 Å². The van der Waals surface area contributed by atoms with Gasteiger partial charge in [-0.05, 0) is 24.3 Å². The predicted molar refractivity (Wildman–Crippen MR) is 110 cm³/mol. The topological polar surface area (TPSA) is 103 Å². The Hall–Kier alpha value is -2.96. The van der Waals surface area contributed by atoms with Gasteiger partial charge in [-0.25, -0.2) is 20.0 Å². The van der Waals surface area contributed by atoms with Crippen molar-refractivity contribution in [2.75, 3.05) is 0 Å².